The van der Waals surface area contributed by atoms with Crippen LogP contribution in [0.1, 0.15) is 35.8 Å². The molecule has 1 fully saturated rings. The van der Waals surface area contributed by atoms with E-state index in [4.69, 9.17) is 4.74 Å². The third-order valence-corrected chi connectivity index (χ3v) is 2.78. The molecule has 0 spiro atoms. The summed E-state index contributed by atoms with van der Waals surface area (Å²) in [5.74, 6) is 0.576. The highest BCUT2D eigenvalue weighted by Crippen LogP contribution is 2.31. The van der Waals surface area contributed by atoms with Gasteiger partial charge in [-0.3, -0.25) is 4.79 Å². The fourth-order valence-corrected chi connectivity index (χ4v) is 1.61. The van der Waals surface area contributed by atoms with E-state index in [9.17, 15) is 4.79 Å². The molecule has 92 valence electrons. The van der Waals surface area contributed by atoms with Crippen LogP contribution in [-0.4, -0.2) is 36.0 Å². The van der Waals surface area contributed by atoms with Gasteiger partial charge in [0.1, 0.15) is 0 Å². The summed E-state index contributed by atoms with van der Waals surface area (Å²) in [5.41, 5.74) is 1.48. The molecule has 0 N–H and O–H groups in total. The molecule has 1 aliphatic carbocycles. The average Bonchev–Trinajstić information content (AvgIpc) is 3.12. The lowest BCUT2D eigenvalue weighted by Gasteiger charge is -2.16. The van der Waals surface area contributed by atoms with E-state index in [0.29, 0.717) is 11.4 Å². The normalized spacial score (nSPS) is 14.5. The van der Waals surface area contributed by atoms with Crippen LogP contribution in [0.2, 0.25) is 0 Å². The van der Waals surface area contributed by atoms with Gasteiger partial charge in [-0.15, -0.1) is 0 Å². The SMILES string of the molecule is CCc1ccnc(C(=O)N(C)C)c1OC1CC1. The summed E-state index contributed by atoms with van der Waals surface area (Å²) >= 11 is 0. The summed E-state index contributed by atoms with van der Waals surface area (Å²) in [4.78, 5) is 17.7. The molecule has 0 atom stereocenters. The third-order valence-electron chi connectivity index (χ3n) is 2.78. The van der Waals surface area contributed by atoms with E-state index in [1.165, 1.54) is 4.90 Å². The summed E-state index contributed by atoms with van der Waals surface area (Å²) in [6.07, 6.45) is 4.95. The van der Waals surface area contributed by atoms with Crippen molar-refractivity contribution in [1.29, 1.82) is 0 Å². The molecule has 1 aliphatic rings. The van der Waals surface area contributed by atoms with E-state index >= 15 is 0 Å². The standard InChI is InChI=1S/C13H18N2O2/c1-4-9-7-8-14-11(13(16)15(2)3)12(9)17-10-5-6-10/h7-8,10H,4-6H2,1-3H3. The van der Waals surface area contributed by atoms with Crippen molar-refractivity contribution < 1.29 is 9.53 Å². The molecule has 0 bridgehead atoms. The molecule has 17 heavy (non-hydrogen) atoms. The lowest BCUT2D eigenvalue weighted by molar-refractivity contribution is 0.0816. The van der Waals surface area contributed by atoms with Crippen LogP contribution in [0.25, 0.3) is 0 Å². The number of amides is 1. The summed E-state index contributed by atoms with van der Waals surface area (Å²) in [5, 5.41) is 0. The fourth-order valence-electron chi connectivity index (χ4n) is 1.61. The van der Waals surface area contributed by atoms with Gasteiger partial charge in [0.25, 0.3) is 5.91 Å². The molecule has 1 heterocycles. The zero-order chi connectivity index (χ0) is 12.4. The smallest absolute Gasteiger partial charge is 0.275 e. The lowest BCUT2D eigenvalue weighted by atomic mass is 10.1. The van der Waals surface area contributed by atoms with Gasteiger partial charge in [0, 0.05) is 20.3 Å². The molecule has 0 radical (unpaired) electrons. The fraction of sp³-hybridized carbons (Fsp3) is 0.538. The van der Waals surface area contributed by atoms with Gasteiger partial charge < -0.3 is 9.64 Å². The van der Waals surface area contributed by atoms with E-state index in [0.717, 1.165) is 24.8 Å². The van der Waals surface area contributed by atoms with Crippen LogP contribution >= 0.6 is 0 Å². The van der Waals surface area contributed by atoms with Crippen LogP contribution in [0.15, 0.2) is 12.3 Å². The van der Waals surface area contributed by atoms with Crippen LogP contribution < -0.4 is 4.74 Å². The number of aromatic nitrogens is 1. The van der Waals surface area contributed by atoms with Gasteiger partial charge >= 0.3 is 0 Å². The Morgan fingerprint density at radius 2 is 2.24 bits per heavy atom. The number of pyridine rings is 1. The van der Waals surface area contributed by atoms with Gasteiger partial charge in [0.2, 0.25) is 0 Å². The monoisotopic (exact) mass is 234 g/mol. The minimum atomic E-state index is -0.101. The van der Waals surface area contributed by atoms with Crippen molar-refractivity contribution in [3.05, 3.63) is 23.5 Å². The van der Waals surface area contributed by atoms with Crippen LogP contribution in [-0.2, 0) is 6.42 Å². The Bertz CT molecular complexity index is 425. The number of rotatable bonds is 4. The van der Waals surface area contributed by atoms with E-state index in [-0.39, 0.29) is 12.0 Å². The largest absolute Gasteiger partial charge is 0.488 e. The Morgan fingerprint density at radius 1 is 1.53 bits per heavy atom. The van der Waals surface area contributed by atoms with Crippen molar-refractivity contribution in [3.8, 4) is 5.75 Å². The molecule has 1 aromatic rings. The maximum Gasteiger partial charge on any atom is 0.275 e. The third kappa shape index (κ3) is 2.57. The van der Waals surface area contributed by atoms with E-state index in [2.05, 4.69) is 11.9 Å². The number of ether oxygens (including phenoxy) is 1. The summed E-state index contributed by atoms with van der Waals surface area (Å²) in [6.45, 7) is 2.05. The lowest BCUT2D eigenvalue weighted by Crippen LogP contribution is -2.24. The van der Waals surface area contributed by atoms with Gasteiger partial charge in [0.05, 0.1) is 6.10 Å². The first-order chi connectivity index (χ1) is 8.13. The molecule has 0 aliphatic heterocycles. The van der Waals surface area contributed by atoms with Crippen LogP contribution in [0, 0.1) is 0 Å². The first kappa shape index (κ1) is 11.9. The summed E-state index contributed by atoms with van der Waals surface area (Å²) in [7, 11) is 3.45. The Hall–Kier alpha value is -1.58. The Labute approximate surface area is 102 Å². The quantitative estimate of drug-likeness (QED) is 0.799. The highest BCUT2D eigenvalue weighted by Gasteiger charge is 2.28. The molecule has 2 rings (SSSR count). The maximum atomic E-state index is 12.0. The first-order valence-electron chi connectivity index (χ1n) is 5.99. The van der Waals surface area contributed by atoms with Crippen LogP contribution in [0.4, 0.5) is 0 Å². The van der Waals surface area contributed by atoms with Gasteiger partial charge in [0.15, 0.2) is 11.4 Å². The van der Waals surface area contributed by atoms with Gasteiger partial charge in [-0.1, -0.05) is 6.92 Å². The second-order valence-electron chi connectivity index (χ2n) is 4.52. The van der Waals surface area contributed by atoms with E-state index in [1.807, 2.05) is 6.07 Å². The summed E-state index contributed by atoms with van der Waals surface area (Å²) < 4.78 is 5.84. The summed E-state index contributed by atoms with van der Waals surface area (Å²) in [6, 6.07) is 1.92. The van der Waals surface area contributed by atoms with Crippen molar-refractivity contribution >= 4 is 5.91 Å². The number of aryl methyl sites for hydroxylation is 1. The van der Waals surface area contributed by atoms with Crippen molar-refractivity contribution in [1.82, 2.24) is 9.88 Å². The van der Waals surface area contributed by atoms with Crippen molar-refractivity contribution in [3.63, 3.8) is 0 Å². The average molecular weight is 234 g/mol. The molecule has 1 amide bonds. The molecule has 1 aromatic heterocycles. The van der Waals surface area contributed by atoms with Gasteiger partial charge in [-0.05, 0) is 30.9 Å². The second kappa shape index (κ2) is 4.73. The van der Waals surface area contributed by atoms with Crippen LogP contribution in [0.5, 0.6) is 5.75 Å². The highest BCUT2D eigenvalue weighted by atomic mass is 16.5. The number of hydrogen-bond acceptors (Lipinski definition) is 3. The number of carbonyl (C=O) groups is 1. The van der Waals surface area contributed by atoms with Gasteiger partial charge in [-0.25, -0.2) is 4.98 Å². The molecule has 0 unspecified atom stereocenters. The minimum Gasteiger partial charge on any atom is -0.488 e. The van der Waals surface area contributed by atoms with E-state index < -0.39 is 0 Å². The molecular weight excluding hydrogens is 216 g/mol. The predicted octanol–water partition coefficient (Wildman–Crippen LogP) is 1.89. The molecule has 1 saturated carbocycles. The van der Waals surface area contributed by atoms with Crippen molar-refractivity contribution in [2.75, 3.05) is 14.1 Å². The molecule has 4 nitrogen and oxygen atoms in total. The van der Waals surface area contributed by atoms with Crippen LogP contribution in [0.3, 0.4) is 0 Å². The first-order valence-corrected chi connectivity index (χ1v) is 5.99. The number of hydrogen-bond donors (Lipinski definition) is 0. The van der Waals surface area contributed by atoms with Crippen molar-refractivity contribution in [2.45, 2.75) is 32.3 Å². The number of nitrogens with zero attached hydrogens (tertiary/aromatic N) is 2. The Balaban J connectivity index is 2.37. The molecular formula is C13H18N2O2. The zero-order valence-corrected chi connectivity index (χ0v) is 10.6. The van der Waals surface area contributed by atoms with Gasteiger partial charge in [-0.2, -0.15) is 0 Å². The molecule has 0 saturated heterocycles. The predicted molar refractivity (Wildman–Crippen MR) is 65.3 cm³/mol. The Morgan fingerprint density at radius 3 is 2.76 bits per heavy atom. The zero-order valence-electron chi connectivity index (χ0n) is 10.6. The number of carbonyl (C=O) groups excluding carboxylic acids is 1. The second-order valence-corrected chi connectivity index (χ2v) is 4.52. The minimum absolute atomic E-state index is 0.101. The molecule has 0 aromatic carbocycles. The maximum absolute atomic E-state index is 12.0. The Kier molecular flexibility index (Phi) is 3.31. The molecule has 4 heteroatoms. The van der Waals surface area contributed by atoms with E-state index in [1.54, 1.807) is 20.3 Å². The topological polar surface area (TPSA) is 42.4 Å². The highest BCUT2D eigenvalue weighted by molar-refractivity contribution is 5.95. The van der Waals surface area contributed by atoms with Crippen molar-refractivity contribution in [2.24, 2.45) is 0 Å².